The lowest BCUT2D eigenvalue weighted by molar-refractivity contribution is -0.133. The number of phenolic OH excluding ortho intramolecular Hbond substituents is 1. The first-order valence-corrected chi connectivity index (χ1v) is 8.46. The largest absolute Gasteiger partial charge is 0.504 e. The number of para-hydroxylation sites is 1. The molecule has 0 saturated carbocycles. The maximum Gasteiger partial charge on any atom is 0.243 e. The molecule has 2 aromatic rings. The summed E-state index contributed by atoms with van der Waals surface area (Å²) >= 11 is 0. The van der Waals surface area contributed by atoms with Gasteiger partial charge in [0.05, 0.1) is 18.9 Å². The van der Waals surface area contributed by atoms with Gasteiger partial charge < -0.3 is 9.84 Å². The molecular formula is C20H22N2O3. The van der Waals surface area contributed by atoms with Crippen LogP contribution in [0.4, 0.5) is 0 Å². The Labute approximate surface area is 147 Å². The van der Waals surface area contributed by atoms with Crippen LogP contribution in [0.1, 0.15) is 43.4 Å². The Hall–Kier alpha value is -2.82. The van der Waals surface area contributed by atoms with Crippen LogP contribution in [-0.4, -0.2) is 28.8 Å². The number of carbonyl (C=O) groups excluding carboxylic acids is 1. The summed E-state index contributed by atoms with van der Waals surface area (Å²) in [5, 5.41) is 16.5. The summed E-state index contributed by atoms with van der Waals surface area (Å²) < 4.78 is 5.18. The Kier molecular flexibility index (Phi) is 5.03. The fourth-order valence-electron chi connectivity index (χ4n) is 3.09. The van der Waals surface area contributed by atoms with Gasteiger partial charge >= 0.3 is 0 Å². The normalized spacial score (nSPS) is 16.6. The molecule has 0 saturated heterocycles. The van der Waals surface area contributed by atoms with Crippen molar-refractivity contribution in [1.82, 2.24) is 5.01 Å². The van der Waals surface area contributed by atoms with Crippen LogP contribution < -0.4 is 4.74 Å². The van der Waals surface area contributed by atoms with Crippen molar-refractivity contribution in [3.8, 4) is 11.5 Å². The average Bonchev–Trinajstić information content (AvgIpc) is 3.08. The van der Waals surface area contributed by atoms with Crippen LogP contribution in [0.25, 0.3) is 0 Å². The maximum atomic E-state index is 12.5. The second-order valence-corrected chi connectivity index (χ2v) is 6.02. The number of ether oxygens (including phenoxy) is 1. The number of nitrogens with zero attached hydrogens (tertiary/aromatic N) is 2. The van der Waals surface area contributed by atoms with Crippen molar-refractivity contribution in [3.05, 3.63) is 59.7 Å². The Morgan fingerprint density at radius 1 is 1.24 bits per heavy atom. The molecule has 25 heavy (non-hydrogen) atoms. The van der Waals surface area contributed by atoms with Crippen LogP contribution in [0.5, 0.6) is 11.5 Å². The third kappa shape index (κ3) is 3.36. The number of hydrogen-bond acceptors (Lipinski definition) is 4. The topological polar surface area (TPSA) is 62.1 Å². The van der Waals surface area contributed by atoms with E-state index in [0.29, 0.717) is 29.9 Å². The molecule has 1 heterocycles. The van der Waals surface area contributed by atoms with Crippen LogP contribution in [0, 0.1) is 0 Å². The monoisotopic (exact) mass is 338 g/mol. The molecule has 3 rings (SSSR count). The molecule has 5 nitrogen and oxygen atoms in total. The van der Waals surface area contributed by atoms with Crippen molar-refractivity contribution in [3.63, 3.8) is 0 Å². The van der Waals surface area contributed by atoms with Gasteiger partial charge in [0, 0.05) is 18.4 Å². The predicted octanol–water partition coefficient (Wildman–Crippen LogP) is 3.88. The molecular weight excluding hydrogens is 316 g/mol. The number of aromatic hydroxyl groups is 1. The van der Waals surface area contributed by atoms with Gasteiger partial charge in [0.25, 0.3) is 0 Å². The van der Waals surface area contributed by atoms with E-state index < -0.39 is 0 Å². The third-order valence-corrected chi connectivity index (χ3v) is 4.34. The Morgan fingerprint density at radius 2 is 2.00 bits per heavy atom. The quantitative estimate of drug-likeness (QED) is 0.900. The number of benzene rings is 2. The Bertz CT molecular complexity index is 787. The van der Waals surface area contributed by atoms with Gasteiger partial charge in [-0.05, 0) is 24.1 Å². The molecule has 0 fully saturated rings. The molecule has 1 atom stereocenters. The minimum absolute atomic E-state index is 0.00580. The van der Waals surface area contributed by atoms with Crippen molar-refractivity contribution in [2.24, 2.45) is 5.10 Å². The highest BCUT2D eigenvalue weighted by Gasteiger charge is 2.33. The van der Waals surface area contributed by atoms with E-state index in [-0.39, 0.29) is 17.7 Å². The van der Waals surface area contributed by atoms with Crippen LogP contribution in [0.2, 0.25) is 0 Å². The van der Waals surface area contributed by atoms with Gasteiger partial charge in [0.15, 0.2) is 11.5 Å². The standard InChI is InChI=1S/C20H22N2O3/c1-3-8-19(23)22-17(14-9-5-4-6-10-14)13-16(21-22)15-11-7-12-18(25-2)20(15)24/h4-7,9-12,17,24H,3,8,13H2,1-2H3. The van der Waals surface area contributed by atoms with E-state index in [1.54, 1.807) is 17.1 Å². The van der Waals surface area contributed by atoms with Gasteiger partial charge in [-0.3, -0.25) is 4.79 Å². The number of amides is 1. The minimum Gasteiger partial charge on any atom is -0.504 e. The summed E-state index contributed by atoms with van der Waals surface area (Å²) in [6.07, 6.45) is 1.77. The minimum atomic E-state index is -0.152. The Morgan fingerprint density at radius 3 is 2.68 bits per heavy atom. The van der Waals surface area contributed by atoms with E-state index in [0.717, 1.165) is 12.0 Å². The molecule has 1 N–H and O–H groups in total. The van der Waals surface area contributed by atoms with Gasteiger partial charge in [-0.2, -0.15) is 5.10 Å². The number of hydrogen-bond donors (Lipinski definition) is 1. The molecule has 5 heteroatoms. The number of methoxy groups -OCH3 is 1. The lowest BCUT2D eigenvalue weighted by Crippen LogP contribution is -2.26. The van der Waals surface area contributed by atoms with Gasteiger partial charge in [-0.15, -0.1) is 0 Å². The first-order valence-electron chi connectivity index (χ1n) is 8.46. The lowest BCUT2D eigenvalue weighted by Gasteiger charge is -2.21. The number of hydrazone groups is 1. The molecule has 130 valence electrons. The van der Waals surface area contributed by atoms with Crippen molar-refractivity contribution in [2.75, 3.05) is 7.11 Å². The first-order chi connectivity index (χ1) is 12.2. The molecule has 0 radical (unpaired) electrons. The fourth-order valence-corrected chi connectivity index (χ4v) is 3.09. The highest BCUT2D eigenvalue weighted by Crippen LogP contribution is 2.37. The number of phenols is 1. The fraction of sp³-hybridized carbons (Fsp3) is 0.300. The zero-order valence-electron chi connectivity index (χ0n) is 14.5. The van der Waals surface area contributed by atoms with Crippen LogP contribution in [0.3, 0.4) is 0 Å². The van der Waals surface area contributed by atoms with E-state index in [1.165, 1.54) is 7.11 Å². The third-order valence-electron chi connectivity index (χ3n) is 4.34. The molecule has 0 spiro atoms. The molecule has 2 aromatic carbocycles. The molecule has 0 bridgehead atoms. The molecule has 1 amide bonds. The maximum absolute atomic E-state index is 12.5. The van der Waals surface area contributed by atoms with Crippen molar-refractivity contribution in [1.29, 1.82) is 0 Å². The van der Waals surface area contributed by atoms with E-state index in [9.17, 15) is 9.90 Å². The van der Waals surface area contributed by atoms with Crippen molar-refractivity contribution < 1.29 is 14.6 Å². The second kappa shape index (κ2) is 7.38. The van der Waals surface area contributed by atoms with E-state index >= 15 is 0 Å². The van der Waals surface area contributed by atoms with Gasteiger partial charge in [-0.25, -0.2) is 5.01 Å². The Balaban J connectivity index is 1.99. The van der Waals surface area contributed by atoms with Gasteiger partial charge in [0.2, 0.25) is 5.91 Å². The van der Waals surface area contributed by atoms with E-state index in [1.807, 2.05) is 43.3 Å². The molecule has 0 aromatic heterocycles. The number of rotatable bonds is 5. The molecule has 1 aliphatic heterocycles. The van der Waals surface area contributed by atoms with Crippen LogP contribution in [-0.2, 0) is 4.79 Å². The summed E-state index contributed by atoms with van der Waals surface area (Å²) in [5.41, 5.74) is 2.33. The predicted molar refractivity (Wildman–Crippen MR) is 96.7 cm³/mol. The van der Waals surface area contributed by atoms with E-state index in [2.05, 4.69) is 5.10 Å². The van der Waals surface area contributed by atoms with Crippen molar-refractivity contribution in [2.45, 2.75) is 32.2 Å². The molecule has 1 aliphatic rings. The summed E-state index contributed by atoms with van der Waals surface area (Å²) in [6.45, 7) is 1.98. The zero-order chi connectivity index (χ0) is 17.8. The number of carbonyl (C=O) groups is 1. The highest BCUT2D eigenvalue weighted by molar-refractivity contribution is 6.05. The average molecular weight is 338 g/mol. The lowest BCUT2D eigenvalue weighted by atomic mass is 9.97. The first kappa shape index (κ1) is 17.0. The smallest absolute Gasteiger partial charge is 0.243 e. The van der Waals surface area contributed by atoms with Crippen LogP contribution in [0.15, 0.2) is 53.6 Å². The zero-order valence-corrected chi connectivity index (χ0v) is 14.5. The second-order valence-electron chi connectivity index (χ2n) is 6.02. The molecule has 0 aliphatic carbocycles. The summed E-state index contributed by atoms with van der Waals surface area (Å²) in [7, 11) is 1.51. The summed E-state index contributed by atoms with van der Waals surface area (Å²) in [4.78, 5) is 12.5. The van der Waals surface area contributed by atoms with Crippen LogP contribution >= 0.6 is 0 Å². The van der Waals surface area contributed by atoms with Gasteiger partial charge in [0.1, 0.15) is 0 Å². The highest BCUT2D eigenvalue weighted by atomic mass is 16.5. The van der Waals surface area contributed by atoms with Crippen molar-refractivity contribution >= 4 is 11.6 Å². The molecule has 1 unspecified atom stereocenters. The SMILES string of the molecule is CCCC(=O)N1N=C(c2cccc(OC)c2O)CC1c1ccccc1. The summed E-state index contributed by atoms with van der Waals surface area (Å²) in [6, 6.07) is 15.0. The van der Waals surface area contributed by atoms with E-state index in [4.69, 9.17) is 4.74 Å². The van der Waals surface area contributed by atoms with Gasteiger partial charge in [-0.1, -0.05) is 43.3 Å². The summed E-state index contributed by atoms with van der Waals surface area (Å²) in [5.74, 6) is 0.448.